The molecule has 1 aliphatic rings. The lowest BCUT2D eigenvalue weighted by molar-refractivity contribution is 0.0666. The molecule has 1 aromatic heterocycles. The minimum Gasteiger partial charge on any atom is -0.338 e. The first-order valence-corrected chi connectivity index (χ1v) is 7.56. The normalized spacial score (nSPS) is 23.8. The van der Waals surface area contributed by atoms with E-state index in [4.69, 9.17) is 5.73 Å². The lowest BCUT2D eigenvalue weighted by Crippen LogP contribution is -2.48. The molecule has 2 N–H and O–H groups in total. The predicted octanol–water partition coefficient (Wildman–Crippen LogP) is 2.71. The van der Waals surface area contributed by atoms with Gasteiger partial charge in [-0.05, 0) is 18.4 Å². The maximum atomic E-state index is 12.6. The maximum Gasteiger partial charge on any atom is 0.255 e. The van der Waals surface area contributed by atoms with E-state index in [-0.39, 0.29) is 11.9 Å². The van der Waals surface area contributed by atoms with Gasteiger partial charge in [-0.2, -0.15) is 0 Å². The molecule has 1 saturated heterocycles. The molecule has 1 aromatic carbocycles. The average Bonchev–Trinajstić information content (AvgIpc) is 2.85. The molecule has 2 atom stereocenters. The van der Waals surface area contributed by atoms with Crippen LogP contribution in [0.2, 0.25) is 0 Å². The number of piperidine rings is 1. The molecular formula is C15H18N2OS. The monoisotopic (exact) mass is 274 g/mol. The molecule has 1 fully saturated rings. The second-order valence-electron chi connectivity index (χ2n) is 5.33. The minimum absolute atomic E-state index is 0.149. The van der Waals surface area contributed by atoms with E-state index in [1.807, 2.05) is 28.5 Å². The summed E-state index contributed by atoms with van der Waals surface area (Å²) in [5, 5.41) is 3.05. The number of benzene rings is 1. The summed E-state index contributed by atoms with van der Waals surface area (Å²) in [6.45, 7) is 3.66. The van der Waals surface area contributed by atoms with Crippen LogP contribution < -0.4 is 5.73 Å². The van der Waals surface area contributed by atoms with E-state index < -0.39 is 0 Å². The zero-order valence-corrected chi connectivity index (χ0v) is 11.8. The number of hydrogen-bond acceptors (Lipinski definition) is 3. The number of thiophene rings is 1. The first kappa shape index (κ1) is 12.6. The molecule has 2 heterocycles. The van der Waals surface area contributed by atoms with Gasteiger partial charge >= 0.3 is 0 Å². The molecule has 2 unspecified atom stereocenters. The van der Waals surface area contributed by atoms with Crippen molar-refractivity contribution < 1.29 is 4.79 Å². The Morgan fingerprint density at radius 3 is 3.00 bits per heavy atom. The summed E-state index contributed by atoms with van der Waals surface area (Å²) < 4.78 is 1.17. The fourth-order valence-corrected chi connectivity index (χ4v) is 3.60. The van der Waals surface area contributed by atoms with Crippen LogP contribution in [0, 0.1) is 5.92 Å². The molecule has 1 amide bonds. The van der Waals surface area contributed by atoms with E-state index in [2.05, 4.69) is 13.0 Å². The van der Waals surface area contributed by atoms with Crippen LogP contribution in [0.5, 0.6) is 0 Å². The van der Waals surface area contributed by atoms with Gasteiger partial charge in [0.05, 0.1) is 5.56 Å². The van der Waals surface area contributed by atoms with Crippen LogP contribution in [0.3, 0.4) is 0 Å². The molecule has 19 heavy (non-hydrogen) atoms. The summed E-state index contributed by atoms with van der Waals surface area (Å²) in [6.07, 6.45) is 0.898. The summed E-state index contributed by atoms with van der Waals surface area (Å²) in [5.41, 5.74) is 6.85. The Balaban J connectivity index is 1.88. The molecule has 0 aliphatic carbocycles. The Hall–Kier alpha value is -1.39. The number of hydrogen-bond donors (Lipinski definition) is 1. The Morgan fingerprint density at radius 1 is 1.42 bits per heavy atom. The van der Waals surface area contributed by atoms with Gasteiger partial charge in [-0.25, -0.2) is 0 Å². The van der Waals surface area contributed by atoms with Crippen LogP contribution in [-0.2, 0) is 0 Å². The highest BCUT2D eigenvalue weighted by atomic mass is 32.1. The summed E-state index contributed by atoms with van der Waals surface area (Å²) in [6, 6.07) is 8.31. The van der Waals surface area contributed by atoms with Crippen LogP contribution in [0.25, 0.3) is 10.1 Å². The molecule has 0 spiro atoms. The second kappa shape index (κ2) is 4.94. The van der Waals surface area contributed by atoms with Crippen molar-refractivity contribution >= 4 is 27.3 Å². The number of fused-ring (bicyclic) bond motifs is 1. The van der Waals surface area contributed by atoms with Gasteiger partial charge in [-0.1, -0.05) is 25.1 Å². The van der Waals surface area contributed by atoms with E-state index in [0.29, 0.717) is 5.92 Å². The van der Waals surface area contributed by atoms with Crippen molar-refractivity contribution in [3.8, 4) is 0 Å². The third-order valence-corrected chi connectivity index (χ3v) is 4.93. The first-order chi connectivity index (χ1) is 9.16. The number of likely N-dealkylation sites (tertiary alicyclic amines) is 1. The number of carbonyl (C=O) groups excluding carboxylic acids is 1. The van der Waals surface area contributed by atoms with Crippen molar-refractivity contribution in [2.24, 2.45) is 11.7 Å². The second-order valence-corrected chi connectivity index (χ2v) is 6.24. The zero-order valence-electron chi connectivity index (χ0n) is 11.0. The van der Waals surface area contributed by atoms with Crippen LogP contribution in [0.15, 0.2) is 29.6 Å². The highest BCUT2D eigenvalue weighted by Gasteiger charge is 2.27. The summed E-state index contributed by atoms with van der Waals surface area (Å²) in [7, 11) is 0. The molecule has 2 aromatic rings. The van der Waals surface area contributed by atoms with E-state index in [9.17, 15) is 4.79 Å². The topological polar surface area (TPSA) is 46.3 Å². The van der Waals surface area contributed by atoms with Gasteiger partial charge < -0.3 is 10.6 Å². The largest absolute Gasteiger partial charge is 0.338 e. The summed E-state index contributed by atoms with van der Waals surface area (Å²) in [4.78, 5) is 14.6. The van der Waals surface area contributed by atoms with Gasteiger partial charge in [0.1, 0.15) is 0 Å². The van der Waals surface area contributed by atoms with Gasteiger partial charge in [0.2, 0.25) is 0 Å². The highest BCUT2D eigenvalue weighted by molar-refractivity contribution is 7.17. The van der Waals surface area contributed by atoms with Crippen molar-refractivity contribution in [2.75, 3.05) is 13.1 Å². The lowest BCUT2D eigenvalue weighted by atomic mass is 9.94. The Morgan fingerprint density at radius 2 is 2.21 bits per heavy atom. The molecule has 0 radical (unpaired) electrons. The van der Waals surface area contributed by atoms with Crippen molar-refractivity contribution in [2.45, 2.75) is 19.4 Å². The van der Waals surface area contributed by atoms with Gasteiger partial charge in [-0.3, -0.25) is 4.79 Å². The molecular weight excluding hydrogens is 256 g/mol. The number of nitrogens with zero attached hydrogens (tertiary/aromatic N) is 1. The standard InChI is InChI=1S/C15H18N2OS/c1-10-8-17(7-6-13(10)16)15(18)12-9-19-14-5-3-2-4-11(12)14/h2-5,9-10,13H,6-8,16H2,1H3. The van der Waals surface area contributed by atoms with Gasteiger partial charge in [0.25, 0.3) is 5.91 Å². The molecule has 100 valence electrons. The van der Waals surface area contributed by atoms with E-state index in [1.54, 1.807) is 11.3 Å². The average molecular weight is 274 g/mol. The quantitative estimate of drug-likeness (QED) is 0.869. The van der Waals surface area contributed by atoms with Crippen LogP contribution in [0.1, 0.15) is 23.7 Å². The minimum atomic E-state index is 0.149. The molecule has 3 rings (SSSR count). The number of amides is 1. The zero-order chi connectivity index (χ0) is 13.4. The van der Waals surface area contributed by atoms with Crippen molar-refractivity contribution in [3.05, 3.63) is 35.2 Å². The number of carbonyl (C=O) groups is 1. The summed E-state index contributed by atoms with van der Waals surface area (Å²) >= 11 is 1.64. The number of rotatable bonds is 1. The Labute approximate surface area is 117 Å². The maximum absolute atomic E-state index is 12.6. The van der Waals surface area contributed by atoms with Crippen molar-refractivity contribution in [1.29, 1.82) is 0 Å². The molecule has 1 aliphatic heterocycles. The molecule has 3 nitrogen and oxygen atoms in total. The molecule has 0 bridgehead atoms. The van der Waals surface area contributed by atoms with Crippen LogP contribution in [-0.4, -0.2) is 29.9 Å². The number of nitrogens with two attached hydrogens (primary N) is 1. The summed E-state index contributed by atoms with van der Waals surface area (Å²) in [5.74, 6) is 0.527. The lowest BCUT2D eigenvalue weighted by Gasteiger charge is -2.35. The van der Waals surface area contributed by atoms with E-state index >= 15 is 0 Å². The highest BCUT2D eigenvalue weighted by Crippen LogP contribution is 2.28. The SMILES string of the molecule is CC1CN(C(=O)c2csc3ccccc23)CCC1N. The van der Waals surface area contributed by atoms with E-state index in [0.717, 1.165) is 30.5 Å². The smallest absolute Gasteiger partial charge is 0.255 e. The van der Waals surface area contributed by atoms with Crippen molar-refractivity contribution in [3.63, 3.8) is 0 Å². The van der Waals surface area contributed by atoms with E-state index in [1.165, 1.54) is 4.70 Å². The van der Waals surface area contributed by atoms with Gasteiger partial charge in [-0.15, -0.1) is 11.3 Å². The first-order valence-electron chi connectivity index (χ1n) is 6.68. The fraction of sp³-hybridized carbons (Fsp3) is 0.400. The fourth-order valence-electron chi connectivity index (χ4n) is 2.66. The van der Waals surface area contributed by atoms with Crippen LogP contribution in [0.4, 0.5) is 0 Å². The van der Waals surface area contributed by atoms with Gasteiger partial charge in [0, 0.05) is 34.6 Å². The third-order valence-electron chi connectivity index (χ3n) is 3.97. The predicted molar refractivity (Wildman–Crippen MR) is 79.5 cm³/mol. The van der Waals surface area contributed by atoms with Gasteiger partial charge in [0.15, 0.2) is 0 Å². The Kier molecular flexibility index (Phi) is 3.29. The van der Waals surface area contributed by atoms with Crippen molar-refractivity contribution in [1.82, 2.24) is 4.90 Å². The van der Waals surface area contributed by atoms with Crippen LogP contribution >= 0.6 is 11.3 Å². The molecule has 4 heteroatoms. The molecule has 0 saturated carbocycles. The Bertz CT molecular complexity index is 607. The third kappa shape index (κ3) is 2.26.